The van der Waals surface area contributed by atoms with Gasteiger partial charge >= 0.3 is 0 Å². The zero-order chi connectivity index (χ0) is 14.0. The van der Waals surface area contributed by atoms with Crippen LogP contribution in [0.15, 0.2) is 30.3 Å². The van der Waals surface area contributed by atoms with Gasteiger partial charge < -0.3 is 15.1 Å². The van der Waals surface area contributed by atoms with Crippen LogP contribution in [0.25, 0.3) is 0 Å². The van der Waals surface area contributed by atoms with Crippen LogP contribution in [0.4, 0.5) is 0 Å². The molecule has 18 heavy (non-hydrogen) atoms. The van der Waals surface area contributed by atoms with Crippen LogP contribution in [0.5, 0.6) is 0 Å². The summed E-state index contributed by atoms with van der Waals surface area (Å²) in [6.07, 6.45) is 0.141. The molecular formula is C13H24N2O2P+. The van der Waals surface area contributed by atoms with E-state index in [0.29, 0.717) is 4.48 Å². The van der Waals surface area contributed by atoms with Gasteiger partial charge in [-0.05, 0) is 0 Å². The number of rotatable bonds is 5. The van der Waals surface area contributed by atoms with Crippen molar-refractivity contribution in [2.75, 3.05) is 34.0 Å². The highest BCUT2D eigenvalue weighted by Crippen LogP contribution is 2.39. The van der Waals surface area contributed by atoms with Crippen LogP contribution in [0, 0.1) is 0 Å². The van der Waals surface area contributed by atoms with Crippen LogP contribution in [-0.4, -0.2) is 49.4 Å². The molecular weight excluding hydrogens is 247 g/mol. The van der Waals surface area contributed by atoms with Crippen molar-refractivity contribution in [2.24, 2.45) is 5.73 Å². The van der Waals surface area contributed by atoms with E-state index in [4.69, 9.17) is 5.73 Å². The van der Waals surface area contributed by atoms with Crippen molar-refractivity contribution in [1.82, 2.24) is 0 Å². The fraction of sp³-hybridized carbons (Fsp3) is 0.538. The van der Waals surface area contributed by atoms with Gasteiger partial charge in [-0.15, -0.1) is 0 Å². The van der Waals surface area contributed by atoms with Crippen molar-refractivity contribution in [1.29, 1.82) is 0 Å². The van der Waals surface area contributed by atoms with Crippen LogP contribution >= 0.6 is 7.37 Å². The lowest BCUT2D eigenvalue weighted by atomic mass is 9.98. The molecule has 0 aromatic heterocycles. The van der Waals surface area contributed by atoms with E-state index in [2.05, 4.69) is 21.1 Å². The topological polar surface area (TPSA) is 63.3 Å². The fourth-order valence-electron chi connectivity index (χ4n) is 2.41. The highest BCUT2D eigenvalue weighted by molar-refractivity contribution is 7.57. The van der Waals surface area contributed by atoms with Crippen LogP contribution in [0.1, 0.15) is 11.6 Å². The Bertz CT molecular complexity index is 422. The number of likely N-dealkylation sites (N-methyl/N-ethyl adjacent to an activating group) is 1. The van der Waals surface area contributed by atoms with Crippen molar-refractivity contribution < 1.29 is 13.9 Å². The third kappa shape index (κ3) is 4.54. The third-order valence-corrected chi connectivity index (χ3v) is 4.03. The SMILES string of the molecule is C[N+](C)(C)C(c1ccccc1)C(N)CP(C)(=O)O. The second kappa shape index (κ2) is 5.54. The van der Waals surface area contributed by atoms with Gasteiger partial charge in [-0.2, -0.15) is 0 Å². The molecule has 5 heteroatoms. The summed E-state index contributed by atoms with van der Waals surface area (Å²) in [7, 11) is 3.05. The van der Waals surface area contributed by atoms with Crippen molar-refractivity contribution in [3.8, 4) is 0 Å². The summed E-state index contributed by atoms with van der Waals surface area (Å²) in [5.41, 5.74) is 7.28. The molecule has 0 bridgehead atoms. The lowest BCUT2D eigenvalue weighted by molar-refractivity contribution is -0.903. The Hall–Kier alpha value is -0.670. The minimum absolute atomic E-state index is 0.00613. The lowest BCUT2D eigenvalue weighted by Gasteiger charge is -2.38. The Morgan fingerprint density at radius 3 is 2.17 bits per heavy atom. The molecule has 0 aliphatic carbocycles. The molecule has 0 aliphatic rings. The normalized spacial score (nSPS) is 19.0. The minimum Gasteiger partial charge on any atom is -0.344 e. The second-order valence-corrected chi connectivity index (χ2v) is 8.34. The van der Waals surface area contributed by atoms with E-state index in [-0.39, 0.29) is 18.2 Å². The van der Waals surface area contributed by atoms with Gasteiger partial charge in [0.2, 0.25) is 0 Å². The van der Waals surface area contributed by atoms with Gasteiger partial charge in [0.15, 0.2) is 7.37 Å². The zero-order valence-corrected chi connectivity index (χ0v) is 12.5. The largest absolute Gasteiger partial charge is 0.344 e. The highest BCUT2D eigenvalue weighted by Gasteiger charge is 2.34. The van der Waals surface area contributed by atoms with Gasteiger partial charge in [0.1, 0.15) is 6.04 Å². The summed E-state index contributed by atoms with van der Waals surface area (Å²) in [6.45, 7) is 1.37. The maximum absolute atomic E-state index is 11.6. The van der Waals surface area contributed by atoms with Crippen molar-refractivity contribution in [3.05, 3.63) is 35.9 Å². The van der Waals surface area contributed by atoms with E-state index in [1.54, 1.807) is 0 Å². The molecule has 3 N–H and O–H groups in total. The Kier molecular flexibility index (Phi) is 4.73. The van der Waals surface area contributed by atoms with Gasteiger partial charge in [-0.25, -0.2) is 0 Å². The molecule has 4 nitrogen and oxygen atoms in total. The summed E-state index contributed by atoms with van der Waals surface area (Å²) < 4.78 is 12.2. The Morgan fingerprint density at radius 1 is 1.28 bits per heavy atom. The van der Waals surface area contributed by atoms with E-state index >= 15 is 0 Å². The van der Waals surface area contributed by atoms with Gasteiger partial charge in [0.25, 0.3) is 0 Å². The number of nitrogens with two attached hydrogens (primary N) is 1. The Labute approximate surface area is 109 Å². The first-order valence-corrected chi connectivity index (χ1v) is 8.31. The fourth-order valence-corrected chi connectivity index (χ4v) is 3.39. The van der Waals surface area contributed by atoms with Crippen LogP contribution in [0.3, 0.4) is 0 Å². The number of hydrogen-bond donors (Lipinski definition) is 2. The average Bonchev–Trinajstić information content (AvgIpc) is 2.13. The van der Waals surface area contributed by atoms with E-state index < -0.39 is 7.37 Å². The van der Waals surface area contributed by atoms with Gasteiger partial charge in [-0.3, -0.25) is 4.57 Å². The first-order chi connectivity index (χ1) is 8.11. The number of quaternary nitrogens is 1. The summed E-state index contributed by atoms with van der Waals surface area (Å²) in [5.74, 6) is 0. The maximum atomic E-state index is 11.6. The first-order valence-electron chi connectivity index (χ1n) is 6.02. The van der Waals surface area contributed by atoms with Gasteiger partial charge in [0.05, 0.1) is 27.2 Å². The summed E-state index contributed by atoms with van der Waals surface area (Å²) in [5, 5.41) is 0. The smallest absolute Gasteiger partial charge is 0.199 e. The van der Waals surface area contributed by atoms with Gasteiger partial charge in [0, 0.05) is 18.4 Å². The Morgan fingerprint density at radius 2 is 1.78 bits per heavy atom. The standard InChI is InChI=1S/C13H23N2O2P/c1-15(2,3)13(11-8-6-5-7-9-11)12(14)10-18(4,16)17/h5-9,12-13H,10,14H2,1-4H3/p+1. The highest BCUT2D eigenvalue weighted by atomic mass is 31.2. The van der Waals surface area contributed by atoms with E-state index in [1.807, 2.05) is 30.3 Å². The second-order valence-electron chi connectivity index (χ2n) is 5.87. The zero-order valence-electron chi connectivity index (χ0n) is 11.6. The molecule has 3 unspecified atom stereocenters. The monoisotopic (exact) mass is 271 g/mol. The van der Waals surface area contributed by atoms with Crippen molar-refractivity contribution in [3.63, 3.8) is 0 Å². The first kappa shape index (κ1) is 15.4. The quantitative estimate of drug-likeness (QED) is 0.632. The minimum atomic E-state index is -3.10. The van der Waals surface area contributed by atoms with Crippen LogP contribution in [-0.2, 0) is 4.57 Å². The predicted octanol–water partition coefficient (Wildman–Crippen LogP) is 1.66. The number of hydrogen-bond acceptors (Lipinski definition) is 2. The summed E-state index contributed by atoms with van der Waals surface area (Å²) in [6, 6.07) is 9.60. The Balaban J connectivity index is 3.04. The van der Waals surface area contributed by atoms with Crippen LogP contribution in [0.2, 0.25) is 0 Å². The molecule has 1 aromatic rings. The molecule has 0 radical (unpaired) electrons. The molecule has 0 saturated heterocycles. The molecule has 1 rings (SSSR count). The maximum Gasteiger partial charge on any atom is 0.199 e. The molecule has 0 spiro atoms. The van der Waals surface area contributed by atoms with Crippen molar-refractivity contribution >= 4 is 7.37 Å². The predicted molar refractivity (Wildman–Crippen MR) is 75.8 cm³/mol. The average molecular weight is 271 g/mol. The molecule has 3 atom stereocenters. The van der Waals surface area contributed by atoms with E-state index in [9.17, 15) is 9.46 Å². The summed E-state index contributed by atoms with van der Waals surface area (Å²) >= 11 is 0. The molecule has 0 fully saturated rings. The molecule has 0 saturated carbocycles. The van der Waals surface area contributed by atoms with E-state index in [0.717, 1.165) is 5.56 Å². The van der Waals surface area contributed by atoms with Gasteiger partial charge in [-0.1, -0.05) is 30.3 Å². The van der Waals surface area contributed by atoms with Crippen molar-refractivity contribution in [2.45, 2.75) is 12.1 Å². The number of benzene rings is 1. The molecule has 0 amide bonds. The third-order valence-electron chi connectivity index (χ3n) is 2.93. The molecule has 102 valence electrons. The van der Waals surface area contributed by atoms with Crippen LogP contribution < -0.4 is 5.73 Å². The number of nitrogens with zero attached hydrogens (tertiary/aromatic N) is 1. The summed E-state index contributed by atoms with van der Waals surface area (Å²) in [4.78, 5) is 9.52. The molecule has 0 heterocycles. The van der Waals surface area contributed by atoms with E-state index in [1.165, 1.54) is 6.66 Å². The molecule has 0 aliphatic heterocycles. The molecule has 1 aromatic carbocycles. The lowest BCUT2D eigenvalue weighted by Crippen LogP contribution is -2.49.